The molecule has 0 heterocycles. The average Bonchev–Trinajstić information content (AvgIpc) is 2.43. The van der Waals surface area contributed by atoms with Gasteiger partial charge in [0.15, 0.2) is 6.29 Å². The normalized spacial score (nSPS) is 10.6. The predicted octanol–water partition coefficient (Wildman–Crippen LogP) is 5.15. The summed E-state index contributed by atoms with van der Waals surface area (Å²) >= 11 is 0. The number of rotatable bonds is 15. The molecule has 0 unspecified atom stereocenters. The molecule has 0 spiro atoms. The summed E-state index contributed by atoms with van der Waals surface area (Å²) in [6, 6.07) is 0. The van der Waals surface area contributed by atoms with Crippen molar-refractivity contribution in [1.82, 2.24) is 0 Å². The van der Waals surface area contributed by atoms with Crippen molar-refractivity contribution in [3.63, 3.8) is 0 Å². The molecule has 0 aromatic carbocycles. The molecular formula is C17H31O2. The van der Waals surface area contributed by atoms with Crippen molar-refractivity contribution >= 4 is 12.1 Å². The second-order valence-corrected chi connectivity index (χ2v) is 5.43. The monoisotopic (exact) mass is 267 g/mol. The molecule has 0 aromatic rings. The smallest absolute Gasteiger partial charge is 0.198 e. The third-order valence-corrected chi connectivity index (χ3v) is 3.63. The van der Waals surface area contributed by atoms with Crippen LogP contribution in [0.1, 0.15) is 96.8 Å². The lowest BCUT2D eigenvalue weighted by atomic mass is 10.0. The van der Waals surface area contributed by atoms with Crippen LogP contribution >= 0.6 is 0 Å². The van der Waals surface area contributed by atoms with Crippen molar-refractivity contribution in [1.29, 1.82) is 0 Å². The third kappa shape index (κ3) is 15.3. The van der Waals surface area contributed by atoms with Crippen molar-refractivity contribution in [3.05, 3.63) is 0 Å². The Morgan fingerprint density at radius 1 is 0.737 bits per heavy atom. The Morgan fingerprint density at radius 3 is 1.58 bits per heavy atom. The lowest BCUT2D eigenvalue weighted by molar-refractivity contribution is -0.118. The summed E-state index contributed by atoms with van der Waals surface area (Å²) in [6.45, 7) is 1.94. The number of hydrogen-bond acceptors (Lipinski definition) is 2. The van der Waals surface area contributed by atoms with Crippen LogP contribution in [-0.2, 0) is 9.59 Å². The molecule has 0 aliphatic carbocycles. The van der Waals surface area contributed by atoms with E-state index in [-0.39, 0.29) is 0 Å². The van der Waals surface area contributed by atoms with E-state index < -0.39 is 0 Å². The largest absolute Gasteiger partial charge is 0.300 e. The standard InChI is InChI=1S/C17H31O2/c1-2-17(19)15-13-11-9-7-5-3-4-6-8-10-12-14-16-18/h2-15H2,1H3. The minimum Gasteiger partial charge on any atom is -0.300 e. The fourth-order valence-corrected chi connectivity index (χ4v) is 2.29. The number of hydrogen-bond donors (Lipinski definition) is 0. The van der Waals surface area contributed by atoms with Crippen molar-refractivity contribution in [3.8, 4) is 0 Å². The quantitative estimate of drug-likeness (QED) is 0.385. The summed E-state index contributed by atoms with van der Waals surface area (Å²) in [5.41, 5.74) is 0. The Morgan fingerprint density at radius 2 is 1.16 bits per heavy atom. The lowest BCUT2D eigenvalue weighted by Gasteiger charge is -2.02. The molecule has 0 aliphatic rings. The maximum absolute atomic E-state index is 11.1. The molecule has 0 saturated carbocycles. The number of unbranched alkanes of at least 4 members (excludes halogenated alkanes) is 11. The van der Waals surface area contributed by atoms with Crippen LogP contribution in [0.25, 0.3) is 0 Å². The SMILES string of the molecule is CCC(=O)CCCCCCCCCCCCC[C]=O. The molecule has 0 saturated heterocycles. The van der Waals surface area contributed by atoms with Crippen LogP contribution in [0.4, 0.5) is 0 Å². The summed E-state index contributed by atoms with van der Waals surface area (Å²) in [7, 11) is 0. The van der Waals surface area contributed by atoms with Gasteiger partial charge in [-0.1, -0.05) is 64.7 Å². The van der Waals surface area contributed by atoms with Gasteiger partial charge >= 0.3 is 0 Å². The van der Waals surface area contributed by atoms with Gasteiger partial charge in [-0.2, -0.15) is 0 Å². The van der Waals surface area contributed by atoms with Gasteiger partial charge in [0.05, 0.1) is 0 Å². The Kier molecular flexibility index (Phi) is 14.9. The number of carbonyl (C=O) groups is 1. The average molecular weight is 267 g/mol. The van der Waals surface area contributed by atoms with Crippen LogP contribution in [0.3, 0.4) is 0 Å². The first-order chi connectivity index (χ1) is 9.31. The van der Waals surface area contributed by atoms with Gasteiger partial charge in [-0.05, 0) is 12.8 Å². The summed E-state index contributed by atoms with van der Waals surface area (Å²) in [6.07, 6.45) is 17.7. The third-order valence-electron chi connectivity index (χ3n) is 3.63. The van der Waals surface area contributed by atoms with E-state index in [0.29, 0.717) is 18.6 Å². The molecule has 0 bridgehead atoms. The van der Waals surface area contributed by atoms with Crippen molar-refractivity contribution in [2.75, 3.05) is 0 Å². The molecule has 0 aromatic heterocycles. The van der Waals surface area contributed by atoms with Gasteiger partial charge in [0.1, 0.15) is 5.78 Å². The van der Waals surface area contributed by atoms with Gasteiger partial charge in [-0.25, -0.2) is 0 Å². The van der Waals surface area contributed by atoms with E-state index in [2.05, 4.69) is 0 Å². The zero-order valence-corrected chi connectivity index (χ0v) is 12.7. The van der Waals surface area contributed by atoms with Crippen LogP contribution in [0, 0.1) is 0 Å². The van der Waals surface area contributed by atoms with E-state index in [9.17, 15) is 9.59 Å². The number of carbonyl (C=O) groups excluding carboxylic acids is 2. The maximum atomic E-state index is 11.1. The van der Waals surface area contributed by atoms with Gasteiger partial charge in [-0.15, -0.1) is 0 Å². The number of Topliss-reactive ketones (excluding diaryl/α,β-unsaturated/α-hetero) is 1. The lowest BCUT2D eigenvalue weighted by Crippen LogP contribution is -1.94. The maximum Gasteiger partial charge on any atom is 0.198 e. The molecule has 0 atom stereocenters. The second kappa shape index (κ2) is 15.4. The minimum absolute atomic E-state index is 0.409. The molecule has 2 nitrogen and oxygen atoms in total. The molecule has 1 radical (unpaired) electrons. The van der Waals surface area contributed by atoms with E-state index in [1.165, 1.54) is 57.8 Å². The van der Waals surface area contributed by atoms with E-state index >= 15 is 0 Å². The van der Waals surface area contributed by atoms with Crippen LogP contribution in [-0.4, -0.2) is 12.1 Å². The fourth-order valence-electron chi connectivity index (χ4n) is 2.29. The highest BCUT2D eigenvalue weighted by Gasteiger charge is 1.97. The fraction of sp³-hybridized carbons (Fsp3) is 0.882. The zero-order valence-electron chi connectivity index (χ0n) is 12.7. The Bertz CT molecular complexity index is 211. The molecule has 2 heteroatoms. The molecule has 0 rings (SSSR count). The van der Waals surface area contributed by atoms with Crippen LogP contribution in [0.5, 0.6) is 0 Å². The van der Waals surface area contributed by atoms with Gasteiger partial charge in [-0.3, -0.25) is 9.59 Å². The highest BCUT2D eigenvalue weighted by molar-refractivity contribution is 5.77. The predicted molar refractivity (Wildman–Crippen MR) is 81.0 cm³/mol. The summed E-state index contributed by atoms with van der Waals surface area (Å²) in [5.74, 6) is 0.409. The van der Waals surface area contributed by atoms with Gasteiger partial charge in [0.25, 0.3) is 0 Å². The van der Waals surface area contributed by atoms with Gasteiger partial charge < -0.3 is 0 Å². The molecule has 111 valence electrons. The van der Waals surface area contributed by atoms with Crippen molar-refractivity contribution < 1.29 is 9.59 Å². The Balaban J connectivity index is 2.99. The van der Waals surface area contributed by atoms with Gasteiger partial charge in [0, 0.05) is 19.3 Å². The van der Waals surface area contributed by atoms with Crippen molar-refractivity contribution in [2.45, 2.75) is 96.8 Å². The zero-order chi connectivity index (χ0) is 14.2. The van der Waals surface area contributed by atoms with Crippen LogP contribution < -0.4 is 0 Å². The molecule has 0 fully saturated rings. The van der Waals surface area contributed by atoms with Gasteiger partial charge in [0.2, 0.25) is 0 Å². The first-order valence-corrected chi connectivity index (χ1v) is 8.18. The first kappa shape index (κ1) is 18.3. The van der Waals surface area contributed by atoms with E-state index in [0.717, 1.165) is 19.3 Å². The first-order valence-electron chi connectivity index (χ1n) is 8.18. The summed E-state index contributed by atoms with van der Waals surface area (Å²) in [4.78, 5) is 21.1. The van der Waals surface area contributed by atoms with Crippen LogP contribution in [0.15, 0.2) is 0 Å². The molecule has 0 amide bonds. The highest BCUT2D eigenvalue weighted by atomic mass is 16.1. The molecule has 19 heavy (non-hydrogen) atoms. The summed E-state index contributed by atoms with van der Waals surface area (Å²) < 4.78 is 0. The molecule has 0 aliphatic heterocycles. The summed E-state index contributed by atoms with van der Waals surface area (Å²) in [5, 5.41) is 0. The minimum atomic E-state index is 0.409. The molecular weight excluding hydrogens is 236 g/mol. The second-order valence-electron chi connectivity index (χ2n) is 5.43. The van der Waals surface area contributed by atoms with E-state index in [1.807, 2.05) is 13.2 Å². The number of ketones is 1. The Labute approximate surface area is 119 Å². The van der Waals surface area contributed by atoms with Crippen molar-refractivity contribution in [2.24, 2.45) is 0 Å². The van der Waals surface area contributed by atoms with E-state index in [1.54, 1.807) is 0 Å². The Hall–Kier alpha value is -0.660. The molecule has 0 N–H and O–H groups in total. The topological polar surface area (TPSA) is 34.1 Å². The highest BCUT2D eigenvalue weighted by Crippen LogP contribution is 2.12. The van der Waals surface area contributed by atoms with E-state index in [4.69, 9.17) is 0 Å². The van der Waals surface area contributed by atoms with Crippen LogP contribution in [0.2, 0.25) is 0 Å².